The van der Waals surface area contributed by atoms with Crippen molar-refractivity contribution in [3.63, 3.8) is 0 Å². The van der Waals surface area contributed by atoms with Crippen LogP contribution in [0, 0.1) is 0 Å². The molecule has 1 aliphatic rings. The third kappa shape index (κ3) is 5.70. The summed E-state index contributed by atoms with van der Waals surface area (Å²) in [6, 6.07) is 8.92. The van der Waals surface area contributed by atoms with Crippen molar-refractivity contribution in [1.82, 2.24) is 20.5 Å². The largest absolute Gasteiger partial charge is 0.497 e. The summed E-state index contributed by atoms with van der Waals surface area (Å²) >= 11 is 0. The van der Waals surface area contributed by atoms with Gasteiger partial charge in [0.05, 0.1) is 26.7 Å². The number of hydrogen-bond donors (Lipinski definition) is 2. The molecule has 0 spiro atoms. The predicted octanol–water partition coefficient (Wildman–Crippen LogP) is 1.15. The minimum absolute atomic E-state index is 0.108. The van der Waals surface area contributed by atoms with Gasteiger partial charge in [0, 0.05) is 50.2 Å². The van der Waals surface area contributed by atoms with Gasteiger partial charge in [-0.05, 0) is 24.1 Å². The Morgan fingerprint density at radius 3 is 2.90 bits per heavy atom. The van der Waals surface area contributed by atoms with Crippen molar-refractivity contribution in [2.24, 2.45) is 0 Å². The Morgan fingerprint density at radius 2 is 2.17 bits per heavy atom. The molecule has 2 N–H and O–H groups in total. The van der Waals surface area contributed by atoms with E-state index < -0.39 is 6.04 Å². The fraction of sp³-hybridized carbons (Fsp3) is 0.409. The third-order valence-electron chi connectivity index (χ3n) is 5.15. The fourth-order valence-electron chi connectivity index (χ4n) is 3.51. The predicted molar refractivity (Wildman–Crippen MR) is 112 cm³/mol. The van der Waals surface area contributed by atoms with Gasteiger partial charge >= 0.3 is 0 Å². The Morgan fingerprint density at radius 1 is 1.30 bits per heavy atom. The van der Waals surface area contributed by atoms with Gasteiger partial charge in [0.25, 0.3) is 0 Å². The second kappa shape index (κ2) is 10.6. The normalized spacial score (nSPS) is 16.6. The van der Waals surface area contributed by atoms with Gasteiger partial charge in [-0.3, -0.25) is 19.5 Å². The zero-order valence-electron chi connectivity index (χ0n) is 17.4. The van der Waals surface area contributed by atoms with E-state index in [0.717, 1.165) is 11.1 Å². The molecule has 3 rings (SSSR count). The summed E-state index contributed by atoms with van der Waals surface area (Å²) in [5, 5.41) is 5.77. The van der Waals surface area contributed by atoms with Crippen LogP contribution in [0.2, 0.25) is 0 Å². The minimum Gasteiger partial charge on any atom is -0.497 e. The quantitative estimate of drug-likeness (QED) is 0.642. The van der Waals surface area contributed by atoms with Crippen LogP contribution >= 0.6 is 0 Å². The SMILES string of the molecule is COc1ccc(CN2CCNC(=O)C2CC(=O)NCCc2cccnc2)c(OC)c1. The number of ether oxygens (including phenoxy) is 2. The lowest BCUT2D eigenvalue weighted by atomic mass is 10.1. The highest BCUT2D eigenvalue weighted by molar-refractivity contribution is 5.88. The van der Waals surface area contributed by atoms with Gasteiger partial charge in [-0.15, -0.1) is 0 Å². The van der Waals surface area contributed by atoms with E-state index in [1.807, 2.05) is 35.2 Å². The summed E-state index contributed by atoms with van der Waals surface area (Å²) in [6.45, 7) is 2.23. The lowest BCUT2D eigenvalue weighted by molar-refractivity contribution is -0.134. The summed E-state index contributed by atoms with van der Waals surface area (Å²) in [5.41, 5.74) is 2.00. The standard InChI is InChI=1S/C22H28N4O4/c1-29-18-6-5-17(20(12-18)30-2)15-26-11-10-25-22(28)19(26)13-21(27)24-9-7-16-4-3-8-23-14-16/h3-6,8,12,14,19H,7,9-11,13,15H2,1-2H3,(H,24,27)(H,25,28). The first-order valence-electron chi connectivity index (χ1n) is 9.99. The second-order valence-corrected chi connectivity index (χ2v) is 7.12. The molecule has 8 heteroatoms. The van der Waals surface area contributed by atoms with E-state index >= 15 is 0 Å². The van der Waals surface area contributed by atoms with E-state index in [2.05, 4.69) is 15.6 Å². The Hall–Kier alpha value is -3.13. The van der Waals surface area contributed by atoms with Gasteiger partial charge in [-0.2, -0.15) is 0 Å². The molecule has 0 saturated carbocycles. The van der Waals surface area contributed by atoms with Gasteiger partial charge in [-0.1, -0.05) is 12.1 Å². The number of carbonyl (C=O) groups is 2. The van der Waals surface area contributed by atoms with E-state index in [9.17, 15) is 9.59 Å². The van der Waals surface area contributed by atoms with Gasteiger partial charge in [0.15, 0.2) is 0 Å². The number of nitrogens with one attached hydrogen (secondary N) is 2. The number of amides is 2. The highest BCUT2D eigenvalue weighted by Crippen LogP contribution is 2.27. The van der Waals surface area contributed by atoms with Crippen molar-refractivity contribution in [3.8, 4) is 11.5 Å². The molecule has 8 nitrogen and oxygen atoms in total. The average Bonchev–Trinajstić information content (AvgIpc) is 2.77. The maximum Gasteiger partial charge on any atom is 0.237 e. The molecule has 1 aromatic carbocycles. The zero-order chi connectivity index (χ0) is 21.3. The molecular formula is C22H28N4O4. The molecule has 1 aliphatic heterocycles. The summed E-state index contributed by atoms with van der Waals surface area (Å²) < 4.78 is 10.7. The maximum atomic E-state index is 12.5. The molecular weight excluding hydrogens is 384 g/mol. The monoisotopic (exact) mass is 412 g/mol. The summed E-state index contributed by atoms with van der Waals surface area (Å²) in [6.07, 6.45) is 4.31. The number of pyridine rings is 1. The van der Waals surface area contributed by atoms with Crippen molar-refractivity contribution in [3.05, 3.63) is 53.9 Å². The molecule has 1 unspecified atom stereocenters. The molecule has 2 amide bonds. The van der Waals surface area contributed by atoms with Crippen LogP contribution in [-0.4, -0.2) is 61.6 Å². The molecule has 1 atom stereocenters. The average molecular weight is 412 g/mol. The number of aromatic nitrogens is 1. The number of methoxy groups -OCH3 is 2. The topological polar surface area (TPSA) is 92.8 Å². The number of benzene rings is 1. The van der Waals surface area contributed by atoms with Crippen LogP contribution < -0.4 is 20.1 Å². The second-order valence-electron chi connectivity index (χ2n) is 7.12. The summed E-state index contributed by atoms with van der Waals surface area (Å²) in [5.74, 6) is 1.13. The number of hydrogen-bond acceptors (Lipinski definition) is 6. The molecule has 30 heavy (non-hydrogen) atoms. The smallest absolute Gasteiger partial charge is 0.237 e. The molecule has 1 fully saturated rings. The number of rotatable bonds is 9. The van der Waals surface area contributed by atoms with Crippen LogP contribution in [0.5, 0.6) is 11.5 Å². The lowest BCUT2D eigenvalue weighted by Crippen LogP contribution is -2.56. The number of carbonyl (C=O) groups excluding carboxylic acids is 2. The summed E-state index contributed by atoms with van der Waals surface area (Å²) in [7, 11) is 3.21. The fourth-order valence-corrected chi connectivity index (χ4v) is 3.51. The van der Waals surface area contributed by atoms with Crippen molar-refractivity contribution in [1.29, 1.82) is 0 Å². The van der Waals surface area contributed by atoms with Gasteiger partial charge < -0.3 is 20.1 Å². The van der Waals surface area contributed by atoms with Crippen LogP contribution in [0.25, 0.3) is 0 Å². The Bertz CT molecular complexity index is 859. The van der Waals surface area contributed by atoms with Crippen molar-refractivity contribution >= 4 is 11.8 Å². The van der Waals surface area contributed by atoms with E-state index in [-0.39, 0.29) is 18.2 Å². The van der Waals surface area contributed by atoms with Crippen molar-refractivity contribution < 1.29 is 19.1 Å². The lowest BCUT2D eigenvalue weighted by Gasteiger charge is -2.35. The van der Waals surface area contributed by atoms with Crippen LogP contribution in [-0.2, 0) is 22.6 Å². The van der Waals surface area contributed by atoms with Gasteiger partial charge in [0.1, 0.15) is 11.5 Å². The number of piperazine rings is 1. The van der Waals surface area contributed by atoms with E-state index in [0.29, 0.717) is 44.1 Å². The van der Waals surface area contributed by atoms with Crippen LogP contribution in [0.1, 0.15) is 17.5 Å². The number of nitrogens with zero attached hydrogens (tertiary/aromatic N) is 2. The van der Waals surface area contributed by atoms with Crippen LogP contribution in [0.4, 0.5) is 0 Å². The molecule has 0 bridgehead atoms. The minimum atomic E-state index is -0.524. The Balaban J connectivity index is 1.60. The first-order chi connectivity index (χ1) is 14.6. The highest BCUT2D eigenvalue weighted by Gasteiger charge is 2.32. The van der Waals surface area contributed by atoms with Gasteiger partial charge in [-0.25, -0.2) is 0 Å². The molecule has 0 radical (unpaired) electrons. The van der Waals surface area contributed by atoms with Crippen LogP contribution in [0.15, 0.2) is 42.7 Å². The molecule has 2 heterocycles. The Labute approximate surface area is 176 Å². The first kappa shape index (κ1) is 21.6. The molecule has 2 aromatic rings. The third-order valence-corrected chi connectivity index (χ3v) is 5.15. The van der Waals surface area contributed by atoms with Crippen molar-refractivity contribution in [2.75, 3.05) is 33.9 Å². The molecule has 1 aromatic heterocycles. The Kier molecular flexibility index (Phi) is 7.62. The van der Waals surface area contributed by atoms with E-state index in [1.165, 1.54) is 0 Å². The zero-order valence-corrected chi connectivity index (χ0v) is 17.4. The first-order valence-corrected chi connectivity index (χ1v) is 9.99. The van der Waals surface area contributed by atoms with Gasteiger partial charge in [0.2, 0.25) is 11.8 Å². The summed E-state index contributed by atoms with van der Waals surface area (Å²) in [4.78, 5) is 31.1. The van der Waals surface area contributed by atoms with Crippen LogP contribution in [0.3, 0.4) is 0 Å². The maximum absolute atomic E-state index is 12.5. The molecule has 160 valence electrons. The van der Waals surface area contributed by atoms with E-state index in [1.54, 1.807) is 26.6 Å². The highest BCUT2D eigenvalue weighted by atomic mass is 16.5. The van der Waals surface area contributed by atoms with E-state index in [4.69, 9.17) is 9.47 Å². The molecule has 1 saturated heterocycles. The molecule has 0 aliphatic carbocycles. The van der Waals surface area contributed by atoms with Crippen molar-refractivity contribution in [2.45, 2.75) is 25.4 Å².